The maximum atomic E-state index is 12.8. The molecule has 0 aliphatic rings. The number of rotatable bonds is 3. The number of hydrogen-bond donors (Lipinski definition) is 0. The maximum Gasteiger partial charge on any atom is 0.194 e. The molecule has 5 heteroatoms. The van der Waals surface area contributed by atoms with Gasteiger partial charge in [-0.2, -0.15) is 0 Å². The van der Waals surface area contributed by atoms with E-state index in [2.05, 4.69) is 31.9 Å². The summed E-state index contributed by atoms with van der Waals surface area (Å²) >= 11 is 12.8. The van der Waals surface area contributed by atoms with E-state index in [-0.39, 0.29) is 11.6 Å². The van der Waals surface area contributed by atoms with Gasteiger partial charge in [0.15, 0.2) is 5.78 Å². The molecule has 0 atom stereocenters. The van der Waals surface area contributed by atoms with Crippen LogP contribution in [0.25, 0.3) is 0 Å². The lowest BCUT2D eigenvalue weighted by Gasteiger charge is -2.08. The summed E-state index contributed by atoms with van der Waals surface area (Å²) < 4.78 is 13.5. The highest BCUT2D eigenvalue weighted by Crippen LogP contribution is 2.28. The second kappa shape index (κ2) is 6.16. The Balaban J connectivity index is 2.44. The number of benzene rings is 2. The summed E-state index contributed by atoms with van der Waals surface area (Å²) in [5, 5.41) is 1.13. The Labute approximate surface area is 132 Å². The fourth-order valence-electron chi connectivity index (χ4n) is 1.62. The van der Waals surface area contributed by atoms with Gasteiger partial charge in [0.2, 0.25) is 0 Å². The molecule has 1 nitrogen and oxygen atoms in total. The number of alkyl halides is 1. The van der Waals surface area contributed by atoms with Crippen molar-refractivity contribution in [3.63, 3.8) is 0 Å². The number of halogens is 4. The minimum atomic E-state index is -0.372. The SMILES string of the molecule is O=C(c1ccc(F)cc1)c1cc(Cl)c(CBr)cc1Br. The zero-order valence-electron chi connectivity index (χ0n) is 9.59. The van der Waals surface area contributed by atoms with Gasteiger partial charge in [-0.25, -0.2) is 4.39 Å². The molecule has 98 valence electrons. The summed E-state index contributed by atoms with van der Waals surface area (Å²) in [6, 6.07) is 8.85. The second-order valence-corrected chi connectivity index (χ2v) is 5.72. The molecule has 0 spiro atoms. The average molecular weight is 406 g/mol. The van der Waals surface area contributed by atoms with E-state index in [1.165, 1.54) is 24.3 Å². The topological polar surface area (TPSA) is 17.1 Å². The number of carbonyl (C=O) groups is 1. The fraction of sp³-hybridized carbons (Fsp3) is 0.0714. The molecule has 0 N–H and O–H groups in total. The summed E-state index contributed by atoms with van der Waals surface area (Å²) in [4.78, 5) is 12.3. The zero-order chi connectivity index (χ0) is 14.0. The van der Waals surface area contributed by atoms with Crippen molar-refractivity contribution >= 4 is 49.2 Å². The molecule has 0 saturated carbocycles. The van der Waals surface area contributed by atoms with Crippen molar-refractivity contribution in [2.24, 2.45) is 0 Å². The molecule has 0 aromatic heterocycles. The van der Waals surface area contributed by atoms with Crippen molar-refractivity contribution in [2.45, 2.75) is 5.33 Å². The Morgan fingerprint density at radius 3 is 2.42 bits per heavy atom. The summed E-state index contributed by atoms with van der Waals surface area (Å²) in [7, 11) is 0. The Kier molecular flexibility index (Phi) is 4.76. The van der Waals surface area contributed by atoms with Gasteiger partial charge in [-0.05, 0) is 42.0 Å². The van der Waals surface area contributed by atoms with Crippen LogP contribution in [-0.2, 0) is 5.33 Å². The molecule has 2 aromatic rings. The van der Waals surface area contributed by atoms with Crippen LogP contribution in [0.4, 0.5) is 4.39 Å². The minimum absolute atomic E-state index is 0.199. The molecule has 19 heavy (non-hydrogen) atoms. The molecule has 0 amide bonds. The Bertz CT molecular complexity index is 626. The highest BCUT2D eigenvalue weighted by atomic mass is 79.9. The smallest absolute Gasteiger partial charge is 0.194 e. The van der Waals surface area contributed by atoms with Crippen LogP contribution < -0.4 is 0 Å². The summed E-state index contributed by atoms with van der Waals surface area (Å²) in [5.74, 6) is -0.571. The van der Waals surface area contributed by atoms with E-state index >= 15 is 0 Å². The third-order valence-electron chi connectivity index (χ3n) is 2.63. The molecule has 0 aliphatic heterocycles. The van der Waals surface area contributed by atoms with E-state index in [1.807, 2.05) is 0 Å². The Morgan fingerprint density at radius 1 is 1.21 bits per heavy atom. The van der Waals surface area contributed by atoms with Crippen LogP contribution in [0.2, 0.25) is 5.02 Å². The molecule has 2 aromatic carbocycles. The molecule has 0 unspecified atom stereocenters. The van der Waals surface area contributed by atoms with Crippen molar-refractivity contribution in [3.8, 4) is 0 Å². The van der Waals surface area contributed by atoms with E-state index in [4.69, 9.17) is 11.6 Å². The van der Waals surface area contributed by atoms with Crippen LogP contribution in [0.3, 0.4) is 0 Å². The Morgan fingerprint density at radius 2 is 1.84 bits per heavy atom. The quantitative estimate of drug-likeness (QED) is 0.495. The van der Waals surface area contributed by atoms with Gasteiger partial charge in [0.25, 0.3) is 0 Å². The molecular formula is C14H8Br2ClFO. The first-order chi connectivity index (χ1) is 9.02. The lowest BCUT2D eigenvalue weighted by molar-refractivity contribution is 0.103. The van der Waals surface area contributed by atoms with Crippen molar-refractivity contribution in [1.29, 1.82) is 0 Å². The average Bonchev–Trinajstić information content (AvgIpc) is 2.41. The molecule has 2 rings (SSSR count). The van der Waals surface area contributed by atoms with Gasteiger partial charge in [-0.1, -0.05) is 43.5 Å². The van der Waals surface area contributed by atoms with Crippen molar-refractivity contribution in [2.75, 3.05) is 0 Å². The van der Waals surface area contributed by atoms with Crippen LogP contribution in [0.5, 0.6) is 0 Å². The van der Waals surface area contributed by atoms with Crippen LogP contribution in [-0.4, -0.2) is 5.78 Å². The molecule has 0 aliphatic carbocycles. The van der Waals surface area contributed by atoms with Gasteiger partial charge < -0.3 is 0 Å². The normalized spacial score (nSPS) is 10.5. The summed E-state index contributed by atoms with van der Waals surface area (Å²) in [5.41, 5.74) is 1.77. The first-order valence-electron chi connectivity index (χ1n) is 5.37. The van der Waals surface area contributed by atoms with Crippen LogP contribution in [0.1, 0.15) is 21.5 Å². The molecule has 0 bridgehead atoms. The van der Waals surface area contributed by atoms with Gasteiger partial charge >= 0.3 is 0 Å². The first-order valence-corrected chi connectivity index (χ1v) is 7.66. The van der Waals surface area contributed by atoms with Gasteiger partial charge in [-0.3, -0.25) is 4.79 Å². The molecule has 0 saturated heterocycles. The third-order valence-corrected chi connectivity index (χ3v) is 4.24. The monoisotopic (exact) mass is 404 g/mol. The standard InChI is InChI=1S/C14H8Br2ClFO/c15-7-9-5-12(16)11(6-13(9)17)14(19)8-1-3-10(18)4-2-8/h1-6H,7H2. The van der Waals surface area contributed by atoms with Gasteiger partial charge in [0.05, 0.1) is 0 Å². The van der Waals surface area contributed by atoms with E-state index < -0.39 is 0 Å². The van der Waals surface area contributed by atoms with Crippen molar-refractivity contribution < 1.29 is 9.18 Å². The first kappa shape index (κ1) is 14.7. The lowest BCUT2D eigenvalue weighted by Crippen LogP contribution is -2.03. The zero-order valence-corrected chi connectivity index (χ0v) is 13.5. The van der Waals surface area contributed by atoms with E-state index in [9.17, 15) is 9.18 Å². The van der Waals surface area contributed by atoms with Gasteiger partial charge in [-0.15, -0.1) is 0 Å². The van der Waals surface area contributed by atoms with Gasteiger partial charge in [0.1, 0.15) is 5.82 Å². The van der Waals surface area contributed by atoms with Crippen LogP contribution in [0, 0.1) is 5.82 Å². The molecule has 0 heterocycles. The predicted octanol–water partition coefficient (Wildman–Crippen LogP) is 5.37. The number of ketones is 1. The Hall–Kier alpha value is -0.710. The van der Waals surface area contributed by atoms with E-state index in [1.54, 1.807) is 12.1 Å². The second-order valence-electron chi connectivity index (χ2n) is 3.89. The van der Waals surface area contributed by atoms with Crippen molar-refractivity contribution in [1.82, 2.24) is 0 Å². The largest absolute Gasteiger partial charge is 0.289 e. The van der Waals surface area contributed by atoms with Crippen LogP contribution in [0.15, 0.2) is 40.9 Å². The fourth-order valence-corrected chi connectivity index (χ4v) is 3.05. The molecule has 0 radical (unpaired) electrons. The molecular weight excluding hydrogens is 398 g/mol. The summed E-state index contributed by atoms with van der Waals surface area (Å²) in [6.07, 6.45) is 0. The highest BCUT2D eigenvalue weighted by Gasteiger charge is 2.15. The highest BCUT2D eigenvalue weighted by molar-refractivity contribution is 9.10. The maximum absolute atomic E-state index is 12.8. The molecule has 0 fully saturated rings. The van der Waals surface area contributed by atoms with Crippen LogP contribution >= 0.6 is 43.5 Å². The lowest BCUT2D eigenvalue weighted by atomic mass is 10.0. The third kappa shape index (κ3) is 3.25. The van der Waals surface area contributed by atoms with Gasteiger partial charge in [0, 0.05) is 26.0 Å². The van der Waals surface area contributed by atoms with Crippen molar-refractivity contribution in [3.05, 3.63) is 68.4 Å². The van der Waals surface area contributed by atoms with E-state index in [0.29, 0.717) is 26.0 Å². The van der Waals surface area contributed by atoms with E-state index in [0.717, 1.165) is 5.56 Å². The summed E-state index contributed by atoms with van der Waals surface area (Å²) in [6.45, 7) is 0. The number of hydrogen-bond acceptors (Lipinski definition) is 1. The number of carbonyl (C=O) groups excluding carboxylic acids is 1. The predicted molar refractivity (Wildman–Crippen MR) is 81.6 cm³/mol. The minimum Gasteiger partial charge on any atom is -0.289 e.